The zero-order valence-corrected chi connectivity index (χ0v) is 10.4. The first kappa shape index (κ1) is 14.9. The molecule has 0 radical (unpaired) electrons. The van der Waals surface area contributed by atoms with Crippen LogP contribution in [-0.2, 0) is 9.59 Å². The molecule has 0 aliphatic carbocycles. The Labute approximate surface area is 96.4 Å². The van der Waals surface area contributed by atoms with Crippen molar-refractivity contribution >= 4 is 11.9 Å². The number of rotatable bonds is 6. The van der Waals surface area contributed by atoms with E-state index in [0.717, 1.165) is 0 Å². The third kappa shape index (κ3) is 4.18. The molecule has 0 saturated heterocycles. The van der Waals surface area contributed by atoms with Crippen LogP contribution in [0.1, 0.15) is 40.5 Å². The fourth-order valence-electron chi connectivity index (χ4n) is 1.27. The second kappa shape index (κ2) is 5.84. The number of carbonyl (C=O) groups is 2. The van der Waals surface area contributed by atoms with Gasteiger partial charge in [-0.1, -0.05) is 20.8 Å². The van der Waals surface area contributed by atoms with Crippen molar-refractivity contribution in [1.82, 2.24) is 5.32 Å². The minimum Gasteiger partial charge on any atom is -0.480 e. The normalized spacial score (nSPS) is 16.6. The summed E-state index contributed by atoms with van der Waals surface area (Å²) in [5.74, 6) is -1.14. The van der Waals surface area contributed by atoms with Crippen LogP contribution >= 0.6 is 0 Å². The molecule has 0 aromatic carbocycles. The van der Waals surface area contributed by atoms with Crippen molar-refractivity contribution in [2.45, 2.75) is 52.1 Å². The number of carboxylic acid groups (broad SMARTS) is 1. The minimum absolute atomic E-state index is 0.304. The summed E-state index contributed by atoms with van der Waals surface area (Å²) in [6.07, 6.45) is 0.869. The summed E-state index contributed by atoms with van der Waals surface area (Å²) in [4.78, 5) is 22.6. The maximum atomic E-state index is 11.7. The Morgan fingerprint density at radius 3 is 2.25 bits per heavy atom. The summed E-state index contributed by atoms with van der Waals surface area (Å²) in [5.41, 5.74) is 4.44. The SMILES string of the molecule is CCC(C)(NC(=O)[C@@H](N)CC(C)C)C(=O)O. The number of hydrogen-bond acceptors (Lipinski definition) is 3. The van der Waals surface area contributed by atoms with Gasteiger partial charge >= 0.3 is 5.97 Å². The number of hydrogen-bond donors (Lipinski definition) is 3. The predicted octanol–water partition coefficient (Wildman–Crippen LogP) is 0.729. The number of nitrogens with two attached hydrogens (primary N) is 1. The number of amides is 1. The molecule has 94 valence electrons. The minimum atomic E-state index is -1.23. The van der Waals surface area contributed by atoms with E-state index in [9.17, 15) is 9.59 Å². The van der Waals surface area contributed by atoms with Gasteiger partial charge in [-0.2, -0.15) is 0 Å². The molecular formula is C11H22N2O3. The lowest BCUT2D eigenvalue weighted by Crippen LogP contribution is -2.56. The molecule has 0 aromatic heterocycles. The summed E-state index contributed by atoms with van der Waals surface area (Å²) >= 11 is 0. The van der Waals surface area contributed by atoms with E-state index in [4.69, 9.17) is 10.8 Å². The van der Waals surface area contributed by atoms with Crippen LogP contribution in [0.2, 0.25) is 0 Å². The highest BCUT2D eigenvalue weighted by Crippen LogP contribution is 2.11. The van der Waals surface area contributed by atoms with Crippen LogP contribution in [0.25, 0.3) is 0 Å². The molecule has 0 aliphatic heterocycles. The monoisotopic (exact) mass is 230 g/mol. The summed E-state index contributed by atoms with van der Waals surface area (Å²) in [5, 5.41) is 11.5. The predicted molar refractivity (Wildman–Crippen MR) is 61.9 cm³/mol. The number of nitrogens with one attached hydrogen (secondary N) is 1. The van der Waals surface area contributed by atoms with Crippen LogP contribution in [0, 0.1) is 5.92 Å². The quantitative estimate of drug-likeness (QED) is 0.627. The van der Waals surface area contributed by atoms with Crippen LogP contribution in [0.4, 0.5) is 0 Å². The lowest BCUT2D eigenvalue weighted by atomic mass is 9.97. The van der Waals surface area contributed by atoms with E-state index in [1.54, 1.807) is 6.92 Å². The van der Waals surface area contributed by atoms with Crippen molar-refractivity contribution in [2.75, 3.05) is 0 Å². The van der Waals surface area contributed by atoms with Gasteiger partial charge in [-0.25, -0.2) is 4.79 Å². The molecule has 0 bridgehead atoms. The fourth-order valence-corrected chi connectivity index (χ4v) is 1.27. The molecule has 1 unspecified atom stereocenters. The van der Waals surface area contributed by atoms with Crippen molar-refractivity contribution in [3.05, 3.63) is 0 Å². The van der Waals surface area contributed by atoms with Crippen LogP contribution in [0.3, 0.4) is 0 Å². The van der Waals surface area contributed by atoms with Gasteiger partial charge in [0.25, 0.3) is 0 Å². The van der Waals surface area contributed by atoms with Gasteiger partial charge in [-0.15, -0.1) is 0 Å². The molecule has 5 heteroatoms. The van der Waals surface area contributed by atoms with Gasteiger partial charge in [-0.3, -0.25) is 4.79 Å². The van der Waals surface area contributed by atoms with Gasteiger partial charge in [0.2, 0.25) is 5.91 Å². The highest BCUT2D eigenvalue weighted by atomic mass is 16.4. The molecule has 0 fully saturated rings. The molecule has 0 aliphatic rings. The standard InChI is InChI=1S/C11H22N2O3/c1-5-11(4,10(15)16)13-9(14)8(12)6-7(2)3/h7-8H,5-6,12H2,1-4H3,(H,13,14)(H,15,16)/t8-,11?/m0/s1. The second-order valence-electron chi connectivity index (χ2n) is 4.72. The molecule has 0 rings (SSSR count). The molecule has 0 spiro atoms. The van der Waals surface area contributed by atoms with E-state index in [1.165, 1.54) is 6.92 Å². The van der Waals surface area contributed by atoms with Crippen molar-refractivity contribution in [3.63, 3.8) is 0 Å². The molecule has 1 amide bonds. The molecule has 2 atom stereocenters. The van der Waals surface area contributed by atoms with E-state index in [2.05, 4.69) is 5.32 Å². The zero-order valence-electron chi connectivity index (χ0n) is 10.4. The lowest BCUT2D eigenvalue weighted by Gasteiger charge is -2.26. The molecule has 0 aromatic rings. The number of carboxylic acids is 1. The largest absolute Gasteiger partial charge is 0.480 e. The third-order valence-corrected chi connectivity index (χ3v) is 2.64. The number of aliphatic carboxylic acids is 1. The van der Waals surface area contributed by atoms with E-state index in [1.807, 2.05) is 13.8 Å². The summed E-state index contributed by atoms with van der Waals surface area (Å²) in [7, 11) is 0. The van der Waals surface area contributed by atoms with Crippen molar-refractivity contribution in [1.29, 1.82) is 0 Å². The summed E-state index contributed by atoms with van der Waals surface area (Å²) in [6, 6.07) is -0.648. The fraction of sp³-hybridized carbons (Fsp3) is 0.818. The van der Waals surface area contributed by atoms with E-state index in [0.29, 0.717) is 18.8 Å². The molecule has 4 N–H and O–H groups in total. The Morgan fingerprint density at radius 2 is 1.94 bits per heavy atom. The Kier molecular flexibility index (Phi) is 5.44. The lowest BCUT2D eigenvalue weighted by molar-refractivity contribution is -0.147. The molecule has 0 heterocycles. The summed E-state index contributed by atoms with van der Waals surface area (Å²) in [6.45, 7) is 7.12. The van der Waals surface area contributed by atoms with Gasteiger partial charge in [-0.05, 0) is 25.7 Å². The van der Waals surface area contributed by atoms with Gasteiger partial charge < -0.3 is 16.2 Å². The van der Waals surface area contributed by atoms with Crippen molar-refractivity contribution in [3.8, 4) is 0 Å². The van der Waals surface area contributed by atoms with Crippen molar-refractivity contribution < 1.29 is 14.7 Å². The highest BCUT2D eigenvalue weighted by Gasteiger charge is 2.34. The summed E-state index contributed by atoms with van der Waals surface area (Å²) < 4.78 is 0. The first-order chi connectivity index (χ1) is 7.23. The maximum Gasteiger partial charge on any atom is 0.329 e. The third-order valence-electron chi connectivity index (χ3n) is 2.64. The van der Waals surface area contributed by atoms with Crippen molar-refractivity contribution in [2.24, 2.45) is 11.7 Å². The smallest absolute Gasteiger partial charge is 0.329 e. The molecular weight excluding hydrogens is 208 g/mol. The van der Waals surface area contributed by atoms with Crippen LogP contribution in [0.5, 0.6) is 0 Å². The first-order valence-electron chi connectivity index (χ1n) is 5.54. The van der Waals surface area contributed by atoms with Gasteiger partial charge in [0.05, 0.1) is 6.04 Å². The van der Waals surface area contributed by atoms with Gasteiger partial charge in [0.1, 0.15) is 5.54 Å². The van der Waals surface area contributed by atoms with E-state index in [-0.39, 0.29) is 0 Å². The van der Waals surface area contributed by atoms with E-state index < -0.39 is 23.5 Å². The first-order valence-corrected chi connectivity index (χ1v) is 5.54. The van der Waals surface area contributed by atoms with Crippen LogP contribution in [-0.4, -0.2) is 28.6 Å². The molecule has 0 saturated carbocycles. The Bertz CT molecular complexity index is 266. The van der Waals surface area contributed by atoms with Crippen LogP contribution in [0.15, 0.2) is 0 Å². The maximum absolute atomic E-state index is 11.7. The van der Waals surface area contributed by atoms with Gasteiger partial charge in [0.15, 0.2) is 0 Å². The second-order valence-corrected chi connectivity index (χ2v) is 4.72. The average Bonchev–Trinajstić information content (AvgIpc) is 2.16. The average molecular weight is 230 g/mol. The van der Waals surface area contributed by atoms with Gasteiger partial charge in [0, 0.05) is 0 Å². The highest BCUT2D eigenvalue weighted by molar-refractivity contribution is 5.89. The zero-order chi connectivity index (χ0) is 12.9. The Balaban J connectivity index is 4.48. The van der Waals surface area contributed by atoms with Crippen LogP contribution < -0.4 is 11.1 Å². The Hall–Kier alpha value is -1.10. The molecule has 5 nitrogen and oxygen atoms in total. The Morgan fingerprint density at radius 1 is 1.44 bits per heavy atom. The number of carbonyl (C=O) groups excluding carboxylic acids is 1. The topological polar surface area (TPSA) is 92.4 Å². The van der Waals surface area contributed by atoms with E-state index >= 15 is 0 Å². The molecule has 16 heavy (non-hydrogen) atoms.